The van der Waals surface area contributed by atoms with Crippen LogP contribution in [0.25, 0.3) is 0 Å². The highest BCUT2D eigenvalue weighted by molar-refractivity contribution is 5.70. The maximum absolute atomic E-state index is 11.9. The zero-order valence-electron chi connectivity index (χ0n) is 14.2. The molecule has 124 valence electrons. The van der Waals surface area contributed by atoms with Crippen LogP contribution in [0, 0.1) is 23.2 Å². The number of esters is 1. The maximum atomic E-state index is 11.9. The van der Waals surface area contributed by atoms with Crippen molar-refractivity contribution in [2.24, 2.45) is 11.8 Å². The Morgan fingerprint density at radius 1 is 1.35 bits per heavy atom. The highest BCUT2D eigenvalue weighted by Gasteiger charge is 2.49. The molecule has 1 aromatic rings. The van der Waals surface area contributed by atoms with Crippen molar-refractivity contribution in [2.45, 2.75) is 52.2 Å². The van der Waals surface area contributed by atoms with Gasteiger partial charge in [-0.3, -0.25) is 9.69 Å². The van der Waals surface area contributed by atoms with Gasteiger partial charge in [0.05, 0.1) is 19.1 Å². The molecule has 0 radical (unpaired) electrons. The van der Waals surface area contributed by atoms with Crippen LogP contribution in [0.3, 0.4) is 0 Å². The molecule has 1 aliphatic heterocycles. The summed E-state index contributed by atoms with van der Waals surface area (Å²) in [5.41, 5.74) is 1.20. The first-order chi connectivity index (χ1) is 11.1. The molecule has 23 heavy (non-hydrogen) atoms. The second kappa shape index (κ2) is 8.12. The second-order valence-electron chi connectivity index (χ2n) is 6.60. The molecule has 0 unspecified atom stereocenters. The van der Waals surface area contributed by atoms with Gasteiger partial charge in [0.1, 0.15) is 6.04 Å². The van der Waals surface area contributed by atoms with Crippen LogP contribution in [0.2, 0.25) is 0 Å². The SMILES string of the molecule is CCOC(=O)C[C@@H]1[C@@H](C#N)N(Cc2ccccc2)[C@H]1CC(C)C. The molecule has 0 spiro atoms. The summed E-state index contributed by atoms with van der Waals surface area (Å²) in [6.07, 6.45) is 1.34. The average molecular weight is 314 g/mol. The monoisotopic (exact) mass is 314 g/mol. The van der Waals surface area contributed by atoms with Gasteiger partial charge < -0.3 is 4.74 Å². The summed E-state index contributed by atoms with van der Waals surface area (Å²) >= 11 is 0. The number of nitriles is 1. The minimum absolute atomic E-state index is 0.0742. The van der Waals surface area contributed by atoms with E-state index in [-0.39, 0.29) is 24.0 Å². The Bertz CT molecular complexity index is 550. The van der Waals surface area contributed by atoms with Crippen molar-refractivity contribution in [1.29, 1.82) is 5.26 Å². The molecule has 1 fully saturated rings. The van der Waals surface area contributed by atoms with Crippen LogP contribution in [0.4, 0.5) is 0 Å². The fraction of sp³-hybridized carbons (Fsp3) is 0.579. The zero-order valence-corrected chi connectivity index (χ0v) is 14.2. The van der Waals surface area contributed by atoms with Gasteiger partial charge in [0.15, 0.2) is 0 Å². The average Bonchev–Trinajstić information content (AvgIpc) is 2.53. The van der Waals surface area contributed by atoms with Crippen LogP contribution in [0.5, 0.6) is 0 Å². The van der Waals surface area contributed by atoms with Crippen LogP contribution in [-0.4, -0.2) is 29.6 Å². The quantitative estimate of drug-likeness (QED) is 0.724. The lowest BCUT2D eigenvalue weighted by atomic mass is 9.74. The Morgan fingerprint density at radius 3 is 2.61 bits per heavy atom. The Balaban J connectivity index is 2.10. The van der Waals surface area contributed by atoms with E-state index in [9.17, 15) is 10.1 Å². The Kier molecular flexibility index (Phi) is 6.18. The summed E-state index contributed by atoms with van der Waals surface area (Å²) in [5, 5.41) is 9.56. The molecule has 1 aliphatic rings. The Hall–Kier alpha value is -1.86. The summed E-state index contributed by atoms with van der Waals surface area (Å²) in [6, 6.07) is 12.7. The molecule has 0 aromatic heterocycles. The number of hydrogen-bond donors (Lipinski definition) is 0. The van der Waals surface area contributed by atoms with Gasteiger partial charge >= 0.3 is 5.97 Å². The van der Waals surface area contributed by atoms with Crippen LogP contribution in [0.1, 0.15) is 39.2 Å². The Labute approximate surface area is 139 Å². The van der Waals surface area contributed by atoms with Gasteiger partial charge in [-0.05, 0) is 24.8 Å². The van der Waals surface area contributed by atoms with E-state index in [1.165, 1.54) is 5.56 Å². The molecule has 4 nitrogen and oxygen atoms in total. The fourth-order valence-electron chi connectivity index (χ4n) is 3.44. The van der Waals surface area contributed by atoms with Gasteiger partial charge in [0, 0.05) is 18.5 Å². The summed E-state index contributed by atoms with van der Waals surface area (Å²) < 4.78 is 5.08. The number of ether oxygens (including phenoxy) is 1. The number of hydrogen-bond acceptors (Lipinski definition) is 4. The van der Waals surface area contributed by atoms with Crippen molar-refractivity contribution < 1.29 is 9.53 Å². The van der Waals surface area contributed by atoms with Gasteiger partial charge in [-0.1, -0.05) is 44.2 Å². The third-order valence-electron chi connectivity index (χ3n) is 4.44. The summed E-state index contributed by atoms with van der Waals surface area (Å²) in [6.45, 7) is 7.33. The minimum atomic E-state index is -0.205. The minimum Gasteiger partial charge on any atom is -0.466 e. The van der Waals surface area contributed by atoms with E-state index in [1.807, 2.05) is 25.1 Å². The third kappa shape index (κ3) is 4.33. The maximum Gasteiger partial charge on any atom is 0.306 e. The molecular weight excluding hydrogens is 288 g/mol. The predicted molar refractivity (Wildman–Crippen MR) is 89.4 cm³/mol. The van der Waals surface area contributed by atoms with Crippen molar-refractivity contribution in [3.05, 3.63) is 35.9 Å². The summed E-state index contributed by atoms with van der Waals surface area (Å²) in [7, 11) is 0. The lowest BCUT2D eigenvalue weighted by molar-refractivity contribution is -0.149. The molecule has 0 saturated carbocycles. The molecule has 1 saturated heterocycles. The van der Waals surface area contributed by atoms with E-state index < -0.39 is 0 Å². The normalized spacial score (nSPS) is 24.0. The largest absolute Gasteiger partial charge is 0.466 e. The summed E-state index contributed by atoms with van der Waals surface area (Å²) in [5.74, 6) is 0.415. The number of rotatable bonds is 7. The third-order valence-corrected chi connectivity index (χ3v) is 4.44. The molecule has 0 N–H and O–H groups in total. The first-order valence-electron chi connectivity index (χ1n) is 8.41. The first kappa shape index (κ1) is 17.5. The first-order valence-corrected chi connectivity index (χ1v) is 8.41. The lowest BCUT2D eigenvalue weighted by Gasteiger charge is -2.52. The van der Waals surface area contributed by atoms with Gasteiger partial charge in [0.2, 0.25) is 0 Å². The van der Waals surface area contributed by atoms with Crippen molar-refractivity contribution in [2.75, 3.05) is 6.61 Å². The molecule has 2 rings (SSSR count). The van der Waals surface area contributed by atoms with Crippen LogP contribution >= 0.6 is 0 Å². The molecule has 1 heterocycles. The number of carbonyl (C=O) groups is 1. The van der Waals surface area contributed by atoms with Crippen LogP contribution in [0.15, 0.2) is 30.3 Å². The molecule has 1 aromatic carbocycles. The van der Waals surface area contributed by atoms with Gasteiger partial charge in [-0.2, -0.15) is 5.26 Å². The fourth-order valence-corrected chi connectivity index (χ4v) is 3.44. The van der Waals surface area contributed by atoms with E-state index >= 15 is 0 Å². The zero-order chi connectivity index (χ0) is 16.8. The van der Waals surface area contributed by atoms with Crippen molar-refractivity contribution in [3.8, 4) is 6.07 Å². The van der Waals surface area contributed by atoms with E-state index in [0.29, 0.717) is 18.9 Å². The Morgan fingerprint density at radius 2 is 2.04 bits per heavy atom. The number of nitrogens with zero attached hydrogens (tertiary/aromatic N) is 2. The molecular formula is C19H26N2O2. The van der Waals surface area contributed by atoms with Crippen molar-refractivity contribution >= 4 is 5.97 Å². The summed E-state index contributed by atoms with van der Waals surface area (Å²) in [4.78, 5) is 14.1. The number of benzene rings is 1. The molecule has 4 heteroatoms. The number of carbonyl (C=O) groups excluding carboxylic acids is 1. The highest BCUT2D eigenvalue weighted by atomic mass is 16.5. The van der Waals surface area contributed by atoms with Gasteiger partial charge in [-0.25, -0.2) is 0 Å². The molecule has 0 bridgehead atoms. The standard InChI is InChI=1S/C19H26N2O2/c1-4-23-19(22)11-16-17(10-14(2)3)21(18(16)12-20)13-15-8-6-5-7-9-15/h5-9,14,16-18H,4,10-11,13H2,1-3H3/t16-,17-,18+/m0/s1. The van der Waals surface area contributed by atoms with Crippen LogP contribution in [-0.2, 0) is 16.1 Å². The predicted octanol–water partition coefficient (Wildman–Crippen LogP) is 3.38. The second-order valence-corrected chi connectivity index (χ2v) is 6.60. The van der Waals surface area contributed by atoms with Crippen molar-refractivity contribution in [3.63, 3.8) is 0 Å². The van der Waals surface area contributed by atoms with E-state index in [4.69, 9.17) is 4.74 Å². The van der Waals surface area contributed by atoms with Gasteiger partial charge in [-0.15, -0.1) is 0 Å². The molecule has 3 atom stereocenters. The van der Waals surface area contributed by atoms with Gasteiger partial charge in [0.25, 0.3) is 0 Å². The van der Waals surface area contributed by atoms with Crippen LogP contribution < -0.4 is 0 Å². The number of likely N-dealkylation sites (tertiary alicyclic amines) is 1. The van der Waals surface area contributed by atoms with E-state index in [0.717, 1.165) is 13.0 Å². The van der Waals surface area contributed by atoms with Crippen molar-refractivity contribution in [1.82, 2.24) is 4.90 Å². The highest BCUT2D eigenvalue weighted by Crippen LogP contribution is 2.39. The smallest absolute Gasteiger partial charge is 0.306 e. The van der Waals surface area contributed by atoms with E-state index in [2.05, 4.69) is 36.9 Å². The molecule has 0 amide bonds. The van der Waals surface area contributed by atoms with E-state index in [1.54, 1.807) is 0 Å². The lowest BCUT2D eigenvalue weighted by Crippen LogP contribution is -2.63. The topological polar surface area (TPSA) is 53.3 Å². The molecule has 0 aliphatic carbocycles.